The molecule has 21 heavy (non-hydrogen) atoms. The molecule has 0 spiro atoms. The second-order valence-electron chi connectivity index (χ2n) is 4.35. The topological polar surface area (TPSA) is 180 Å². The Balaban J connectivity index is 2.16. The van der Waals surface area contributed by atoms with Crippen LogP contribution < -0.4 is 16.3 Å². The van der Waals surface area contributed by atoms with E-state index in [1.165, 1.54) is 12.3 Å². The van der Waals surface area contributed by atoms with Crippen LogP contribution in [0, 0.1) is 0 Å². The number of hydrogen-bond donors (Lipinski definition) is 4. The van der Waals surface area contributed by atoms with Gasteiger partial charge in [0.1, 0.15) is 24.1 Å². The minimum atomic E-state index is -4.99. The van der Waals surface area contributed by atoms with Gasteiger partial charge in [-0.3, -0.25) is 9.13 Å². The fraction of sp³-hybridized carbons (Fsp3) is 0.556. The Bertz CT molecular complexity index is 615. The van der Waals surface area contributed by atoms with Crippen LogP contribution in [0.25, 0.3) is 0 Å². The predicted octanol–water partition coefficient (Wildman–Crippen LogP) is -3.08. The lowest BCUT2D eigenvalue weighted by molar-refractivity contribution is -0.222. The van der Waals surface area contributed by atoms with Crippen LogP contribution in [0.5, 0.6) is 0 Å². The number of phosphoric ester groups is 1. The Hall–Kier alpha value is -1.33. The van der Waals surface area contributed by atoms with E-state index in [9.17, 15) is 24.5 Å². The molecule has 5 N–H and O–H groups in total. The Kier molecular flexibility index (Phi) is 4.44. The molecule has 0 amide bonds. The lowest BCUT2D eigenvalue weighted by Crippen LogP contribution is -2.36. The molecule has 11 nitrogen and oxygen atoms in total. The highest BCUT2D eigenvalue weighted by Crippen LogP contribution is 2.34. The van der Waals surface area contributed by atoms with E-state index in [1.54, 1.807) is 0 Å². The predicted molar refractivity (Wildman–Crippen MR) is 64.6 cm³/mol. The van der Waals surface area contributed by atoms with Crippen molar-refractivity contribution in [1.82, 2.24) is 9.55 Å². The van der Waals surface area contributed by atoms with Crippen LogP contribution in [0.3, 0.4) is 0 Å². The van der Waals surface area contributed by atoms with Gasteiger partial charge in [-0.25, -0.2) is 4.79 Å². The molecule has 1 fully saturated rings. The van der Waals surface area contributed by atoms with E-state index in [0.717, 1.165) is 4.57 Å². The number of nitrogen functional groups attached to an aromatic ring is 1. The first kappa shape index (κ1) is 16.0. The van der Waals surface area contributed by atoms with Crippen molar-refractivity contribution in [3.63, 3.8) is 0 Å². The number of anilines is 1. The van der Waals surface area contributed by atoms with Gasteiger partial charge in [-0.1, -0.05) is 0 Å². The highest BCUT2D eigenvalue weighted by atomic mass is 31.2. The van der Waals surface area contributed by atoms with Gasteiger partial charge in [-0.2, -0.15) is 4.98 Å². The van der Waals surface area contributed by atoms with Gasteiger partial charge in [0.25, 0.3) is 7.82 Å². The molecule has 12 heteroatoms. The average Bonchev–Trinajstić information content (AvgIpc) is 2.64. The molecule has 0 radical (unpaired) electrons. The van der Waals surface area contributed by atoms with Crippen molar-refractivity contribution < 1.29 is 33.8 Å². The third-order valence-corrected chi connectivity index (χ3v) is 3.34. The summed E-state index contributed by atoms with van der Waals surface area (Å²) < 4.78 is 20.7. The van der Waals surface area contributed by atoms with Crippen molar-refractivity contribution in [2.24, 2.45) is 0 Å². The third-order valence-electron chi connectivity index (χ3n) is 2.86. The summed E-state index contributed by atoms with van der Waals surface area (Å²) in [5.41, 5.74) is 4.50. The smallest absolute Gasteiger partial charge is 0.351 e. The average molecular weight is 322 g/mol. The van der Waals surface area contributed by atoms with Crippen molar-refractivity contribution in [1.29, 1.82) is 0 Å². The molecule has 5 atom stereocenters. The lowest BCUT2D eigenvalue weighted by Gasteiger charge is -2.20. The fourth-order valence-corrected chi connectivity index (χ4v) is 2.22. The van der Waals surface area contributed by atoms with Gasteiger partial charge in [0.05, 0.1) is 6.61 Å². The summed E-state index contributed by atoms with van der Waals surface area (Å²) in [6.45, 7) is -0.719. The van der Waals surface area contributed by atoms with Gasteiger partial charge in [0.15, 0.2) is 6.23 Å². The van der Waals surface area contributed by atoms with E-state index >= 15 is 0 Å². The van der Waals surface area contributed by atoms with Crippen LogP contribution in [0.4, 0.5) is 5.82 Å². The number of aliphatic hydroxyl groups excluding tert-OH is 2. The highest BCUT2D eigenvalue weighted by molar-refractivity contribution is 7.44. The summed E-state index contributed by atoms with van der Waals surface area (Å²) in [5, 5.41) is 19.6. The van der Waals surface area contributed by atoms with Gasteiger partial charge in [0.2, 0.25) is 0 Å². The zero-order chi connectivity index (χ0) is 15.8. The van der Waals surface area contributed by atoms with Crippen LogP contribution in [-0.2, 0) is 13.8 Å². The monoisotopic (exact) mass is 322 g/mol. The number of ether oxygens (including phenoxy) is 1. The number of nitrogens with two attached hydrogens (primary N) is 1. The zero-order valence-corrected chi connectivity index (χ0v) is 11.4. The second kappa shape index (κ2) is 5.81. The molecule has 1 unspecified atom stereocenters. The minimum Gasteiger partial charge on any atom is -0.756 e. The number of hydrogen-bond acceptors (Lipinski definition) is 9. The Morgan fingerprint density at radius 2 is 2.19 bits per heavy atom. The van der Waals surface area contributed by atoms with Gasteiger partial charge >= 0.3 is 5.69 Å². The molecular formula is C9H13N3O8P-. The van der Waals surface area contributed by atoms with Crippen molar-refractivity contribution >= 4 is 13.6 Å². The summed E-state index contributed by atoms with van der Waals surface area (Å²) in [7, 11) is -4.99. The normalized spacial score (nSPS) is 32.0. The van der Waals surface area contributed by atoms with Crippen LogP contribution in [-0.4, -0.2) is 49.6 Å². The first-order valence-electron chi connectivity index (χ1n) is 5.73. The summed E-state index contributed by atoms with van der Waals surface area (Å²) in [6, 6.07) is 1.28. The third kappa shape index (κ3) is 3.66. The zero-order valence-electron chi connectivity index (χ0n) is 10.5. The molecule has 2 rings (SSSR count). The van der Waals surface area contributed by atoms with Gasteiger partial charge in [0, 0.05) is 6.20 Å². The molecule has 1 aliphatic heterocycles. The number of rotatable bonds is 4. The summed E-state index contributed by atoms with van der Waals surface area (Å²) in [6.07, 6.45) is -4.39. The SMILES string of the molecule is Nc1ccn([C@@H]2O[C@H](COP(=O)([O-])O)[C@@H](O)[C@H]2O)c(=O)n1. The second-order valence-corrected chi connectivity index (χ2v) is 5.55. The van der Waals surface area contributed by atoms with Crippen molar-refractivity contribution in [2.75, 3.05) is 12.3 Å². The molecule has 0 saturated carbocycles. The molecule has 1 saturated heterocycles. The molecule has 0 bridgehead atoms. The van der Waals surface area contributed by atoms with Crippen LogP contribution >= 0.6 is 7.82 Å². The number of aliphatic hydroxyl groups is 2. The molecule has 0 aliphatic carbocycles. The Morgan fingerprint density at radius 1 is 1.52 bits per heavy atom. The minimum absolute atomic E-state index is 0.0308. The fourth-order valence-electron chi connectivity index (χ4n) is 1.88. The Labute approximate surface area is 117 Å². The van der Waals surface area contributed by atoms with E-state index in [2.05, 4.69) is 9.51 Å². The van der Waals surface area contributed by atoms with Gasteiger partial charge < -0.3 is 35.0 Å². The maximum Gasteiger partial charge on any atom is 0.351 e. The molecule has 1 aromatic heterocycles. The number of aromatic nitrogens is 2. The van der Waals surface area contributed by atoms with Crippen LogP contribution in [0.2, 0.25) is 0 Å². The van der Waals surface area contributed by atoms with Crippen molar-refractivity contribution in [3.8, 4) is 0 Å². The first-order chi connectivity index (χ1) is 9.69. The molecule has 2 heterocycles. The van der Waals surface area contributed by atoms with Gasteiger partial charge in [-0.15, -0.1) is 0 Å². The molecule has 118 valence electrons. The quantitative estimate of drug-likeness (QED) is 0.415. The summed E-state index contributed by atoms with van der Waals surface area (Å²) >= 11 is 0. The first-order valence-corrected chi connectivity index (χ1v) is 7.23. The van der Waals surface area contributed by atoms with Crippen LogP contribution in [0.15, 0.2) is 17.1 Å². The molecular weight excluding hydrogens is 309 g/mol. The Morgan fingerprint density at radius 3 is 2.76 bits per heavy atom. The van der Waals surface area contributed by atoms with E-state index in [1.807, 2.05) is 0 Å². The van der Waals surface area contributed by atoms with Gasteiger partial charge in [-0.05, 0) is 6.07 Å². The number of nitrogens with zero attached hydrogens (tertiary/aromatic N) is 2. The van der Waals surface area contributed by atoms with E-state index < -0.39 is 44.7 Å². The van der Waals surface area contributed by atoms with Crippen molar-refractivity contribution in [3.05, 3.63) is 22.7 Å². The van der Waals surface area contributed by atoms with Crippen LogP contribution in [0.1, 0.15) is 6.23 Å². The molecule has 1 aliphatic rings. The largest absolute Gasteiger partial charge is 0.756 e. The van der Waals surface area contributed by atoms with E-state index in [0.29, 0.717) is 0 Å². The molecule has 0 aromatic carbocycles. The lowest BCUT2D eigenvalue weighted by atomic mass is 10.1. The molecule has 1 aromatic rings. The van der Waals surface area contributed by atoms with E-state index in [4.69, 9.17) is 15.4 Å². The van der Waals surface area contributed by atoms with Crippen molar-refractivity contribution in [2.45, 2.75) is 24.5 Å². The summed E-state index contributed by atoms with van der Waals surface area (Å²) in [4.78, 5) is 34.1. The van der Waals surface area contributed by atoms with E-state index in [-0.39, 0.29) is 5.82 Å². The summed E-state index contributed by atoms with van der Waals surface area (Å²) in [5.74, 6) is -0.0308. The maximum atomic E-state index is 11.6. The number of phosphoric acid groups is 1. The standard InChI is InChI=1S/C9H14N3O8P/c10-5-1-2-12(9(15)11-5)8-7(14)6(13)4(20-8)3-19-21(16,17)18/h1-2,4,6-8,13-14H,3H2,(H2,10,11,15)(H2,16,17,18)/p-1/t4-,6-,7-,8-/m1/s1. The highest BCUT2D eigenvalue weighted by Gasteiger charge is 2.44. The maximum absolute atomic E-state index is 11.6.